The van der Waals surface area contributed by atoms with E-state index in [0.717, 1.165) is 30.8 Å². The Morgan fingerprint density at radius 1 is 1.46 bits per heavy atom. The third-order valence-corrected chi connectivity index (χ3v) is 4.30. The van der Waals surface area contributed by atoms with Gasteiger partial charge in [-0.2, -0.15) is 11.8 Å². The summed E-state index contributed by atoms with van der Waals surface area (Å²) in [5.74, 6) is 2.65. The second kappa shape index (κ2) is 4.09. The summed E-state index contributed by atoms with van der Waals surface area (Å²) in [6.07, 6.45) is 3.36. The number of halogens is 1. The molecule has 0 bridgehead atoms. The largest absolute Gasteiger partial charge is 0.352 e. The van der Waals surface area contributed by atoms with Crippen LogP contribution < -0.4 is 5.32 Å². The number of hydrogen-bond acceptors (Lipinski definition) is 2. The number of alkyl halides is 1. The van der Waals surface area contributed by atoms with Gasteiger partial charge in [0.15, 0.2) is 0 Å². The van der Waals surface area contributed by atoms with Crippen LogP contribution in [0.4, 0.5) is 0 Å². The van der Waals surface area contributed by atoms with Crippen LogP contribution in [0.3, 0.4) is 0 Å². The summed E-state index contributed by atoms with van der Waals surface area (Å²) in [6, 6.07) is 0.433. The second-order valence-corrected chi connectivity index (χ2v) is 5.43. The molecule has 0 aromatic rings. The van der Waals surface area contributed by atoms with Crippen LogP contribution >= 0.6 is 23.4 Å². The Hall–Kier alpha value is 0.110. The molecule has 1 aliphatic heterocycles. The summed E-state index contributed by atoms with van der Waals surface area (Å²) in [7, 11) is 0. The van der Waals surface area contributed by atoms with Crippen molar-refractivity contribution in [3.8, 4) is 0 Å². The summed E-state index contributed by atoms with van der Waals surface area (Å²) in [6.45, 7) is 0. The van der Waals surface area contributed by atoms with E-state index in [1.54, 1.807) is 0 Å². The molecular weight excluding hydrogens is 206 g/mol. The number of thioether (sulfide) groups is 1. The fraction of sp³-hybridized carbons (Fsp3) is 0.889. The zero-order valence-electron chi connectivity index (χ0n) is 7.46. The highest BCUT2D eigenvalue weighted by atomic mass is 35.5. The lowest BCUT2D eigenvalue weighted by molar-refractivity contribution is -0.121. The van der Waals surface area contributed by atoms with Gasteiger partial charge in [-0.15, -0.1) is 11.6 Å². The first-order valence-corrected chi connectivity index (χ1v) is 6.38. The van der Waals surface area contributed by atoms with Crippen LogP contribution in [0.2, 0.25) is 0 Å². The molecule has 1 saturated heterocycles. The van der Waals surface area contributed by atoms with Crippen LogP contribution in [0, 0.1) is 5.92 Å². The summed E-state index contributed by atoms with van der Waals surface area (Å²) in [5, 5.41) is 2.65. The molecule has 13 heavy (non-hydrogen) atoms. The second-order valence-electron chi connectivity index (χ2n) is 3.81. The highest BCUT2D eigenvalue weighted by molar-refractivity contribution is 7.99. The lowest BCUT2D eigenvalue weighted by Crippen LogP contribution is -2.37. The number of carbonyl (C=O) groups is 1. The van der Waals surface area contributed by atoms with Crippen molar-refractivity contribution < 1.29 is 4.79 Å². The minimum atomic E-state index is -0.296. The Morgan fingerprint density at radius 3 is 2.77 bits per heavy atom. The average Bonchev–Trinajstić information content (AvgIpc) is 2.78. The minimum Gasteiger partial charge on any atom is -0.352 e. The van der Waals surface area contributed by atoms with Gasteiger partial charge < -0.3 is 5.32 Å². The van der Waals surface area contributed by atoms with Crippen molar-refractivity contribution >= 4 is 29.3 Å². The van der Waals surface area contributed by atoms with E-state index in [9.17, 15) is 4.79 Å². The monoisotopic (exact) mass is 219 g/mol. The summed E-state index contributed by atoms with van der Waals surface area (Å²) >= 11 is 7.98. The van der Waals surface area contributed by atoms with Gasteiger partial charge in [0.05, 0.1) is 0 Å². The molecule has 0 aromatic heterocycles. The average molecular weight is 220 g/mol. The zero-order valence-corrected chi connectivity index (χ0v) is 9.03. The molecule has 1 heterocycles. The lowest BCUT2D eigenvalue weighted by Gasteiger charge is -2.15. The number of amides is 1. The van der Waals surface area contributed by atoms with Crippen LogP contribution in [0.25, 0.3) is 0 Å². The van der Waals surface area contributed by atoms with E-state index < -0.39 is 0 Å². The van der Waals surface area contributed by atoms with E-state index in [0.29, 0.717) is 12.0 Å². The van der Waals surface area contributed by atoms with Crippen molar-refractivity contribution in [1.29, 1.82) is 0 Å². The van der Waals surface area contributed by atoms with Gasteiger partial charge in [0.25, 0.3) is 0 Å². The van der Waals surface area contributed by atoms with Gasteiger partial charge >= 0.3 is 0 Å². The van der Waals surface area contributed by atoms with Crippen molar-refractivity contribution in [2.24, 2.45) is 5.92 Å². The highest BCUT2D eigenvalue weighted by Gasteiger charge is 2.32. The fourth-order valence-electron chi connectivity index (χ4n) is 1.51. The van der Waals surface area contributed by atoms with E-state index in [2.05, 4.69) is 5.32 Å². The first-order chi connectivity index (χ1) is 6.27. The third-order valence-electron chi connectivity index (χ3n) is 2.55. The maximum atomic E-state index is 11.5. The van der Waals surface area contributed by atoms with Crippen LogP contribution in [0.5, 0.6) is 0 Å². The topological polar surface area (TPSA) is 29.1 Å². The lowest BCUT2D eigenvalue weighted by atomic mass is 10.0. The molecule has 2 nitrogen and oxygen atoms in total. The fourth-order valence-corrected chi connectivity index (χ4v) is 3.19. The van der Waals surface area contributed by atoms with Crippen molar-refractivity contribution in [3.63, 3.8) is 0 Å². The van der Waals surface area contributed by atoms with E-state index in [1.807, 2.05) is 11.8 Å². The van der Waals surface area contributed by atoms with Crippen molar-refractivity contribution in [2.75, 3.05) is 11.5 Å². The molecule has 4 heteroatoms. The minimum absolute atomic E-state index is 0.0525. The van der Waals surface area contributed by atoms with Crippen molar-refractivity contribution in [2.45, 2.75) is 30.7 Å². The first kappa shape index (κ1) is 9.66. The quantitative estimate of drug-likeness (QED) is 0.732. The van der Waals surface area contributed by atoms with Crippen molar-refractivity contribution in [1.82, 2.24) is 5.32 Å². The Morgan fingerprint density at radius 2 is 2.23 bits per heavy atom. The van der Waals surface area contributed by atoms with Gasteiger partial charge in [0.2, 0.25) is 5.91 Å². The maximum Gasteiger partial charge on any atom is 0.238 e. The summed E-state index contributed by atoms with van der Waals surface area (Å²) in [4.78, 5) is 11.5. The summed E-state index contributed by atoms with van der Waals surface area (Å²) in [5.41, 5.74) is 0. The molecule has 1 N–H and O–H groups in total. The number of hydrogen-bond donors (Lipinski definition) is 1. The smallest absolute Gasteiger partial charge is 0.238 e. The Bertz CT molecular complexity index is 202. The van der Waals surface area contributed by atoms with E-state index >= 15 is 0 Å². The van der Waals surface area contributed by atoms with Crippen molar-refractivity contribution in [3.05, 3.63) is 0 Å². The molecule has 2 fully saturated rings. The van der Waals surface area contributed by atoms with Crippen LogP contribution in [0.1, 0.15) is 19.3 Å². The van der Waals surface area contributed by atoms with Gasteiger partial charge in [-0.25, -0.2) is 0 Å². The number of rotatable bonds is 3. The van der Waals surface area contributed by atoms with Gasteiger partial charge in [-0.1, -0.05) is 0 Å². The van der Waals surface area contributed by atoms with Crippen LogP contribution in [0.15, 0.2) is 0 Å². The molecule has 2 unspecified atom stereocenters. The van der Waals surface area contributed by atoms with Gasteiger partial charge in [0.1, 0.15) is 5.38 Å². The molecule has 2 aliphatic rings. The predicted molar refractivity (Wildman–Crippen MR) is 56.2 cm³/mol. The predicted octanol–water partition coefficient (Wildman–Crippen LogP) is 1.63. The van der Waals surface area contributed by atoms with Gasteiger partial charge in [-0.05, 0) is 36.7 Å². The molecule has 2 atom stereocenters. The molecule has 0 aromatic carbocycles. The highest BCUT2D eigenvalue weighted by Crippen LogP contribution is 2.29. The van der Waals surface area contributed by atoms with E-state index in [1.165, 1.54) is 0 Å². The van der Waals surface area contributed by atoms with E-state index in [-0.39, 0.29) is 11.3 Å². The SMILES string of the molecule is O=C(NC1CC1)C(Cl)C1CCSC1. The molecule has 1 amide bonds. The standard InChI is InChI=1S/C9H14ClNOS/c10-8(6-3-4-13-5-6)9(12)11-7-1-2-7/h6-8H,1-5H2,(H,11,12). The number of nitrogens with one attached hydrogen (secondary N) is 1. The summed E-state index contributed by atoms with van der Waals surface area (Å²) < 4.78 is 0. The Balaban J connectivity index is 1.79. The van der Waals surface area contributed by atoms with Gasteiger partial charge in [0, 0.05) is 6.04 Å². The van der Waals surface area contributed by atoms with Crippen LogP contribution in [-0.4, -0.2) is 28.8 Å². The maximum absolute atomic E-state index is 11.5. The van der Waals surface area contributed by atoms with Crippen LogP contribution in [-0.2, 0) is 4.79 Å². The molecule has 1 aliphatic carbocycles. The third kappa shape index (κ3) is 2.53. The number of carbonyl (C=O) groups excluding carboxylic acids is 1. The zero-order chi connectivity index (χ0) is 9.26. The molecule has 74 valence electrons. The molecule has 2 rings (SSSR count). The van der Waals surface area contributed by atoms with E-state index in [4.69, 9.17) is 11.6 Å². The Labute approximate surface area is 87.8 Å². The Kier molecular flexibility index (Phi) is 3.04. The molecular formula is C9H14ClNOS. The van der Waals surface area contributed by atoms with Gasteiger partial charge in [-0.3, -0.25) is 4.79 Å². The molecule has 0 radical (unpaired) electrons. The first-order valence-electron chi connectivity index (χ1n) is 4.79. The normalized spacial score (nSPS) is 30.1. The molecule has 1 saturated carbocycles. The molecule has 0 spiro atoms.